The smallest absolute Gasteiger partial charge is 0.364 e. The molecule has 18 unspecified atom stereocenters. The van der Waals surface area contributed by atoms with Crippen LogP contribution in [0.2, 0.25) is 0 Å². The minimum absolute atomic E-state index is 0.230. The quantitative estimate of drug-likeness (QED) is 0.0252. The van der Waals surface area contributed by atoms with Crippen LogP contribution in [0.4, 0.5) is 0 Å². The van der Waals surface area contributed by atoms with Gasteiger partial charge in [-0.1, -0.05) is 373 Å². The molecule has 0 bridgehead atoms. The van der Waals surface area contributed by atoms with Gasteiger partial charge in [0.05, 0.1) is 50.7 Å². The van der Waals surface area contributed by atoms with Gasteiger partial charge >= 0.3 is 5.97 Å². The van der Waals surface area contributed by atoms with Crippen molar-refractivity contribution in [3.05, 3.63) is 0 Å². The second-order valence-electron chi connectivity index (χ2n) is 33.5. The van der Waals surface area contributed by atoms with Crippen LogP contribution in [0.3, 0.4) is 0 Å². The van der Waals surface area contributed by atoms with Crippen molar-refractivity contribution >= 4 is 17.8 Å². The van der Waals surface area contributed by atoms with Crippen molar-refractivity contribution in [1.29, 1.82) is 0 Å². The second kappa shape index (κ2) is 66.6. The summed E-state index contributed by atoms with van der Waals surface area (Å²) in [5, 5.41) is 137. The topological polar surface area (TPSA) is 373 Å². The van der Waals surface area contributed by atoms with Crippen LogP contribution in [0, 0.1) is 0 Å². The van der Waals surface area contributed by atoms with E-state index in [9.17, 15) is 75.7 Å². The number of carbonyl (C=O) groups excluding carboxylic acids is 2. The number of amides is 2. The van der Waals surface area contributed by atoms with Gasteiger partial charge in [-0.3, -0.25) is 9.59 Å². The van der Waals surface area contributed by atoms with Crippen molar-refractivity contribution in [3.63, 3.8) is 0 Å². The first-order chi connectivity index (χ1) is 53.9. The highest BCUT2D eigenvalue weighted by atomic mass is 16.8. The Labute approximate surface area is 671 Å². The van der Waals surface area contributed by atoms with Gasteiger partial charge in [0.25, 0.3) is 5.79 Å². The predicted octanol–water partition coefficient (Wildman–Crippen LogP) is 14.7. The largest absolute Gasteiger partial charge is 0.477 e. The number of nitrogens with one attached hydrogen (secondary N) is 2. The number of unbranched alkanes of at least 4 members (excludes halogenated alkanes) is 55. The highest BCUT2D eigenvalue weighted by molar-refractivity contribution is 5.77. The number of aliphatic hydroxyl groups is 11. The second-order valence-corrected chi connectivity index (χ2v) is 33.5. The molecule has 0 saturated carbocycles. The third-order valence-corrected chi connectivity index (χ3v) is 23.6. The summed E-state index contributed by atoms with van der Waals surface area (Å²) >= 11 is 0. The Balaban J connectivity index is 1.43. The van der Waals surface area contributed by atoms with Crippen LogP contribution >= 0.6 is 0 Å². The van der Waals surface area contributed by atoms with Gasteiger partial charge in [-0.2, -0.15) is 0 Å². The first kappa shape index (κ1) is 103. The molecule has 23 heteroatoms. The third kappa shape index (κ3) is 45.5. The summed E-state index contributed by atoms with van der Waals surface area (Å²) in [5.74, 6) is -6.08. The number of carboxylic acids is 1. The molecule has 3 saturated heterocycles. The molecule has 3 rings (SSSR count). The van der Waals surface area contributed by atoms with E-state index >= 15 is 0 Å². The molecule has 3 aliphatic heterocycles. The zero-order chi connectivity index (χ0) is 81.0. The predicted molar refractivity (Wildman–Crippen MR) is 435 cm³/mol. The van der Waals surface area contributed by atoms with Crippen molar-refractivity contribution in [2.45, 2.75) is 516 Å². The molecule has 2 amide bonds. The number of ether oxygens (including phenoxy) is 6. The molecule has 656 valence electrons. The molecule has 3 heterocycles. The Morgan fingerprint density at radius 1 is 0.432 bits per heavy atom. The summed E-state index contributed by atoms with van der Waals surface area (Å²) in [5.41, 5.74) is 0. The third-order valence-electron chi connectivity index (χ3n) is 23.6. The molecule has 3 fully saturated rings. The maximum atomic E-state index is 13.6. The van der Waals surface area contributed by atoms with Crippen LogP contribution in [0.15, 0.2) is 0 Å². The molecule has 0 aromatic carbocycles. The highest BCUT2D eigenvalue weighted by Gasteiger charge is 2.60. The van der Waals surface area contributed by atoms with Crippen molar-refractivity contribution in [2.75, 3.05) is 26.4 Å². The SMILES string of the molecule is CCCCCCCCCCCCCCCCCCCCCCCCCCCCCCCCCCCC(=O)NC(COC1OC(CO)C(OC2OC(CO)C(O)C(OC3(C(=O)O)CC(O)C(NC(C)=O)C(C(O)C(O)CO)O3)C2O)C(O)C1O)C(O)CCCCCCCCCCCCCCCCCCCCCCCCCC. The number of carboxylic acid groups (broad SMARTS) is 1. The van der Waals surface area contributed by atoms with E-state index in [0.717, 1.165) is 51.9 Å². The minimum Gasteiger partial charge on any atom is -0.477 e. The zero-order valence-corrected chi connectivity index (χ0v) is 70.1. The van der Waals surface area contributed by atoms with Gasteiger partial charge < -0.3 is 100 Å². The van der Waals surface area contributed by atoms with E-state index in [1.165, 1.54) is 308 Å². The Hall–Kier alpha value is -2.27. The number of aliphatic carboxylic acids is 1. The van der Waals surface area contributed by atoms with E-state index in [1.54, 1.807) is 0 Å². The molecule has 23 nitrogen and oxygen atoms in total. The molecule has 14 N–H and O–H groups in total. The van der Waals surface area contributed by atoms with Crippen LogP contribution in [-0.2, 0) is 42.8 Å². The lowest BCUT2D eigenvalue weighted by molar-refractivity contribution is -0.386. The van der Waals surface area contributed by atoms with Crippen LogP contribution in [0.5, 0.6) is 0 Å². The molecular weight excluding hydrogens is 1420 g/mol. The van der Waals surface area contributed by atoms with Crippen molar-refractivity contribution in [3.8, 4) is 0 Å². The summed E-state index contributed by atoms with van der Waals surface area (Å²) in [7, 11) is 0. The number of hydrogen-bond donors (Lipinski definition) is 14. The number of aliphatic hydroxyl groups excluding tert-OH is 11. The lowest BCUT2D eigenvalue weighted by Crippen LogP contribution is -2.70. The van der Waals surface area contributed by atoms with Gasteiger partial charge in [0.15, 0.2) is 12.6 Å². The summed E-state index contributed by atoms with van der Waals surface area (Å²) in [6.45, 7) is 2.30. The fourth-order valence-electron chi connectivity index (χ4n) is 16.4. The lowest BCUT2D eigenvalue weighted by atomic mass is 9.88. The summed E-state index contributed by atoms with van der Waals surface area (Å²) in [6.07, 6.45) is 45.4. The molecule has 3 aliphatic rings. The van der Waals surface area contributed by atoms with Gasteiger partial charge in [0, 0.05) is 19.8 Å². The van der Waals surface area contributed by atoms with Crippen LogP contribution < -0.4 is 10.6 Å². The summed E-state index contributed by atoms with van der Waals surface area (Å²) in [6, 6.07) is -2.53. The molecule has 18 atom stereocenters. The summed E-state index contributed by atoms with van der Waals surface area (Å²) in [4.78, 5) is 38.8. The van der Waals surface area contributed by atoms with E-state index in [4.69, 9.17) is 28.4 Å². The first-order valence-corrected chi connectivity index (χ1v) is 45.9. The van der Waals surface area contributed by atoms with E-state index in [-0.39, 0.29) is 18.9 Å². The van der Waals surface area contributed by atoms with Crippen molar-refractivity contribution in [1.82, 2.24) is 10.6 Å². The maximum Gasteiger partial charge on any atom is 0.364 e. The molecule has 111 heavy (non-hydrogen) atoms. The monoisotopic (exact) mass is 1590 g/mol. The van der Waals surface area contributed by atoms with Crippen molar-refractivity contribution < 1.29 is 104 Å². The van der Waals surface area contributed by atoms with Gasteiger partial charge in [-0.15, -0.1) is 0 Å². The normalized spacial score (nSPS) is 25.4. The fourth-order valence-corrected chi connectivity index (χ4v) is 16.4. The van der Waals surface area contributed by atoms with E-state index in [1.807, 2.05) is 0 Å². The van der Waals surface area contributed by atoms with E-state index in [2.05, 4.69) is 24.5 Å². The van der Waals surface area contributed by atoms with Crippen LogP contribution in [0.25, 0.3) is 0 Å². The Bertz CT molecular complexity index is 2190. The van der Waals surface area contributed by atoms with Gasteiger partial charge in [-0.05, 0) is 12.8 Å². The average molecular weight is 1590 g/mol. The zero-order valence-electron chi connectivity index (χ0n) is 70.1. The minimum atomic E-state index is -3.08. The number of carbonyl (C=O) groups is 3. The Morgan fingerprint density at radius 3 is 1.13 bits per heavy atom. The van der Waals surface area contributed by atoms with Crippen LogP contribution in [0.1, 0.15) is 406 Å². The molecule has 0 aromatic heterocycles. The fraction of sp³-hybridized carbons (Fsp3) is 0.966. The highest BCUT2D eigenvalue weighted by Crippen LogP contribution is 2.39. The molecule has 0 radical (unpaired) electrons. The van der Waals surface area contributed by atoms with E-state index in [0.29, 0.717) is 19.3 Å². The molecule has 0 spiro atoms. The number of rotatable bonds is 75. The van der Waals surface area contributed by atoms with E-state index < -0.39 is 148 Å². The molecule has 0 aliphatic carbocycles. The standard InChI is InChI=1S/C88H168N2O21/c1-4-6-8-10-12-14-16-18-20-22-24-26-28-30-31-32-33-34-35-36-37-38-40-42-44-46-48-50-52-54-56-58-60-62-75(98)90-69(70(95)61-59-57-55-53-51-49-47-45-43-41-39-29-27-25-23-21-19-17-15-13-11-9-7-5-2)67-106-85-80(102)79(101)82(74(66-93)108-85)109-86-81(103)84(78(100)73(65-92)107-86)111-88(87(104)105)63-71(96)76(89-68(3)94)83(110-88)77(99)72(97)64-91/h69-74,76-86,91-93,95-97,99-103H,4-67H2,1-3H3,(H,89,94)(H,90,98)(H,104,105). The molecule has 0 aromatic rings. The molecular formula is C88H168N2O21. The summed E-state index contributed by atoms with van der Waals surface area (Å²) < 4.78 is 35.1. The number of hydrogen-bond acceptors (Lipinski definition) is 20. The van der Waals surface area contributed by atoms with Crippen molar-refractivity contribution in [2.24, 2.45) is 0 Å². The van der Waals surface area contributed by atoms with Crippen LogP contribution in [-0.4, -0.2) is 215 Å². The van der Waals surface area contributed by atoms with Gasteiger partial charge in [-0.25, -0.2) is 4.79 Å². The maximum absolute atomic E-state index is 13.6. The Morgan fingerprint density at radius 2 is 0.784 bits per heavy atom. The van der Waals surface area contributed by atoms with Gasteiger partial charge in [0.2, 0.25) is 11.8 Å². The van der Waals surface area contributed by atoms with Gasteiger partial charge in [0.1, 0.15) is 67.1 Å². The first-order valence-electron chi connectivity index (χ1n) is 45.9. The lowest BCUT2D eigenvalue weighted by Gasteiger charge is -2.50. The average Bonchev–Trinajstić information content (AvgIpc) is 0.753. The Kier molecular flexibility index (Phi) is 61.8.